The Morgan fingerprint density at radius 1 is 0.885 bits per heavy atom. The van der Waals surface area contributed by atoms with Crippen LogP contribution in [0, 0.1) is 6.92 Å². The first-order valence-electron chi connectivity index (χ1n) is 8.87. The maximum absolute atomic E-state index is 5.30. The number of aryl methyl sites for hydroxylation is 1. The van der Waals surface area contributed by atoms with E-state index < -0.39 is 0 Å². The molecule has 26 heavy (non-hydrogen) atoms. The summed E-state index contributed by atoms with van der Waals surface area (Å²) in [4.78, 5) is 7.21. The third-order valence-corrected chi connectivity index (χ3v) is 4.79. The minimum absolute atomic E-state index is 0.314. The summed E-state index contributed by atoms with van der Waals surface area (Å²) in [7, 11) is 1.69. The van der Waals surface area contributed by atoms with Gasteiger partial charge >= 0.3 is 0 Å². The van der Waals surface area contributed by atoms with Gasteiger partial charge in [0.15, 0.2) is 0 Å². The third kappa shape index (κ3) is 3.21. The van der Waals surface area contributed by atoms with Gasteiger partial charge in [0.2, 0.25) is 0 Å². The fourth-order valence-electron chi connectivity index (χ4n) is 3.31. The number of hydrogen-bond donors (Lipinski definition) is 0. The first kappa shape index (κ1) is 16.4. The largest absolute Gasteiger partial charge is 0.497 e. The van der Waals surface area contributed by atoms with E-state index in [1.807, 2.05) is 12.1 Å². The van der Waals surface area contributed by atoms with Gasteiger partial charge in [-0.2, -0.15) is 0 Å². The van der Waals surface area contributed by atoms with Crippen molar-refractivity contribution in [1.82, 2.24) is 0 Å². The number of methoxy groups -OCH3 is 1. The molecule has 1 aliphatic heterocycles. The number of nitrogens with zero attached hydrogens (tertiary/aromatic N) is 2. The van der Waals surface area contributed by atoms with Gasteiger partial charge in [-0.25, -0.2) is 4.99 Å². The van der Waals surface area contributed by atoms with E-state index in [1.54, 1.807) is 7.11 Å². The Labute approximate surface area is 154 Å². The lowest BCUT2D eigenvalue weighted by Gasteiger charge is -2.44. The van der Waals surface area contributed by atoms with E-state index in [4.69, 9.17) is 9.73 Å². The molecule has 0 N–H and O–H groups in total. The minimum Gasteiger partial charge on any atom is -0.497 e. The van der Waals surface area contributed by atoms with Gasteiger partial charge in [-0.05, 0) is 48.9 Å². The summed E-state index contributed by atoms with van der Waals surface area (Å²) in [5.74, 6) is 1.95. The molecule has 3 aromatic rings. The zero-order valence-electron chi connectivity index (χ0n) is 15.1. The van der Waals surface area contributed by atoms with Gasteiger partial charge in [-0.15, -0.1) is 0 Å². The van der Waals surface area contributed by atoms with Gasteiger partial charge in [0, 0.05) is 12.1 Å². The molecule has 1 atom stereocenters. The molecule has 4 rings (SSSR count). The molecule has 1 fully saturated rings. The van der Waals surface area contributed by atoms with Crippen LogP contribution >= 0.6 is 0 Å². The van der Waals surface area contributed by atoms with Crippen molar-refractivity contribution in [2.24, 2.45) is 4.99 Å². The van der Waals surface area contributed by atoms with Crippen molar-refractivity contribution >= 4 is 17.2 Å². The number of hydrogen-bond acceptors (Lipinski definition) is 2. The lowest BCUT2D eigenvalue weighted by atomic mass is 9.92. The third-order valence-electron chi connectivity index (χ3n) is 4.79. The van der Waals surface area contributed by atoms with Crippen LogP contribution in [0.25, 0.3) is 0 Å². The molecule has 1 unspecified atom stereocenters. The summed E-state index contributed by atoms with van der Waals surface area (Å²) >= 11 is 0. The smallest absolute Gasteiger partial charge is 0.119 e. The molecule has 0 saturated carbocycles. The van der Waals surface area contributed by atoms with E-state index in [-0.39, 0.29) is 0 Å². The average molecular weight is 342 g/mol. The zero-order chi connectivity index (χ0) is 17.9. The lowest BCUT2D eigenvalue weighted by Crippen LogP contribution is -2.46. The van der Waals surface area contributed by atoms with E-state index in [9.17, 15) is 0 Å². The molecule has 0 spiro atoms. The number of anilines is 1. The average Bonchev–Trinajstić information content (AvgIpc) is 2.67. The van der Waals surface area contributed by atoms with Crippen LogP contribution in [0.15, 0.2) is 83.9 Å². The molecule has 0 bridgehead atoms. The highest BCUT2D eigenvalue weighted by molar-refractivity contribution is 6.06. The topological polar surface area (TPSA) is 24.8 Å². The highest BCUT2D eigenvalue weighted by Gasteiger charge is 2.36. The van der Waals surface area contributed by atoms with Crippen LogP contribution in [-0.2, 0) is 0 Å². The monoisotopic (exact) mass is 342 g/mol. The van der Waals surface area contributed by atoms with Gasteiger partial charge in [-0.1, -0.05) is 48.0 Å². The summed E-state index contributed by atoms with van der Waals surface area (Å²) in [5, 5.41) is 0. The van der Waals surface area contributed by atoms with Crippen LogP contribution in [0.2, 0.25) is 0 Å². The van der Waals surface area contributed by atoms with Crippen molar-refractivity contribution in [2.75, 3.05) is 12.0 Å². The summed E-state index contributed by atoms with van der Waals surface area (Å²) in [6, 6.07) is 27.5. The molecule has 3 heteroatoms. The summed E-state index contributed by atoms with van der Waals surface area (Å²) < 4.78 is 5.30. The molecule has 130 valence electrons. The second-order valence-corrected chi connectivity index (χ2v) is 6.56. The highest BCUT2D eigenvalue weighted by Crippen LogP contribution is 2.40. The molecule has 0 aromatic heterocycles. The van der Waals surface area contributed by atoms with Crippen molar-refractivity contribution in [2.45, 2.75) is 19.4 Å². The van der Waals surface area contributed by atoms with Gasteiger partial charge in [-0.3, -0.25) is 0 Å². The van der Waals surface area contributed by atoms with Crippen LogP contribution in [0.5, 0.6) is 5.75 Å². The predicted octanol–water partition coefficient (Wildman–Crippen LogP) is 5.69. The predicted molar refractivity (Wildman–Crippen MR) is 108 cm³/mol. The number of benzene rings is 3. The summed E-state index contributed by atoms with van der Waals surface area (Å²) in [5.41, 5.74) is 4.69. The van der Waals surface area contributed by atoms with Crippen molar-refractivity contribution in [3.63, 3.8) is 0 Å². The molecule has 1 saturated heterocycles. The van der Waals surface area contributed by atoms with Gasteiger partial charge in [0.1, 0.15) is 11.6 Å². The SMILES string of the molecule is COc1ccc(N2/C(=N/c3ccc(C)cc3)CC2c2ccccc2)cc1. The first-order chi connectivity index (χ1) is 12.7. The van der Waals surface area contributed by atoms with Crippen molar-refractivity contribution in [3.8, 4) is 5.75 Å². The minimum atomic E-state index is 0.314. The quantitative estimate of drug-likeness (QED) is 0.609. The molecule has 0 radical (unpaired) electrons. The van der Waals surface area contributed by atoms with Crippen LogP contribution in [-0.4, -0.2) is 12.9 Å². The first-order valence-corrected chi connectivity index (χ1v) is 8.87. The molecule has 1 aliphatic rings. The standard InChI is InChI=1S/C23H22N2O/c1-17-8-10-19(11-9-17)24-23-16-22(18-6-4-3-5-7-18)25(23)20-12-14-21(26-2)15-13-20/h3-15,22H,16H2,1-2H3/b24-23+. The number of ether oxygens (including phenoxy) is 1. The molecule has 1 heterocycles. The van der Waals surface area contributed by atoms with Crippen LogP contribution < -0.4 is 9.64 Å². The summed E-state index contributed by atoms with van der Waals surface area (Å²) in [6.07, 6.45) is 0.934. The Balaban J connectivity index is 1.69. The van der Waals surface area contributed by atoms with E-state index in [0.717, 1.165) is 29.4 Å². The second-order valence-electron chi connectivity index (χ2n) is 6.56. The van der Waals surface area contributed by atoms with Gasteiger partial charge in [0.25, 0.3) is 0 Å². The molecular formula is C23H22N2O. The maximum Gasteiger partial charge on any atom is 0.119 e. The lowest BCUT2D eigenvalue weighted by molar-refractivity contribution is 0.415. The molecular weight excluding hydrogens is 320 g/mol. The number of amidine groups is 1. The number of rotatable bonds is 4. The van der Waals surface area contributed by atoms with Crippen molar-refractivity contribution in [1.29, 1.82) is 0 Å². The normalized spacial score (nSPS) is 17.8. The van der Waals surface area contributed by atoms with Crippen LogP contribution in [0.4, 0.5) is 11.4 Å². The Hall–Kier alpha value is -3.07. The molecule has 3 aromatic carbocycles. The van der Waals surface area contributed by atoms with Crippen molar-refractivity contribution < 1.29 is 4.74 Å². The second kappa shape index (κ2) is 7.04. The van der Waals surface area contributed by atoms with Crippen LogP contribution in [0.3, 0.4) is 0 Å². The van der Waals surface area contributed by atoms with Gasteiger partial charge < -0.3 is 9.64 Å². The van der Waals surface area contributed by atoms with E-state index >= 15 is 0 Å². The Morgan fingerprint density at radius 2 is 1.58 bits per heavy atom. The van der Waals surface area contributed by atoms with E-state index in [2.05, 4.69) is 78.6 Å². The fourth-order valence-corrected chi connectivity index (χ4v) is 3.31. The summed E-state index contributed by atoms with van der Waals surface area (Å²) in [6.45, 7) is 2.09. The Bertz CT molecular complexity index is 899. The van der Waals surface area contributed by atoms with Gasteiger partial charge in [0.05, 0.1) is 18.8 Å². The Morgan fingerprint density at radius 3 is 2.23 bits per heavy atom. The van der Waals surface area contributed by atoms with Crippen LogP contribution in [0.1, 0.15) is 23.6 Å². The highest BCUT2D eigenvalue weighted by atomic mass is 16.5. The molecule has 0 amide bonds. The maximum atomic E-state index is 5.30. The molecule has 0 aliphatic carbocycles. The molecule has 3 nitrogen and oxygen atoms in total. The Kier molecular flexibility index (Phi) is 4.44. The zero-order valence-corrected chi connectivity index (χ0v) is 15.1. The van der Waals surface area contributed by atoms with E-state index in [0.29, 0.717) is 6.04 Å². The van der Waals surface area contributed by atoms with Crippen molar-refractivity contribution in [3.05, 3.63) is 90.0 Å². The fraction of sp³-hybridized carbons (Fsp3) is 0.174. The number of aliphatic imine (C=N–C) groups is 1. The van der Waals surface area contributed by atoms with E-state index in [1.165, 1.54) is 11.1 Å².